The molecule has 2 aliphatic heterocycles. The van der Waals surface area contributed by atoms with E-state index in [1.54, 1.807) is 11.3 Å². The van der Waals surface area contributed by atoms with Crippen LogP contribution < -0.4 is 10.6 Å². The number of hydrogen-bond acceptors (Lipinski definition) is 6. The molecule has 0 saturated carbocycles. The number of alkyl halides is 3. The van der Waals surface area contributed by atoms with E-state index in [0.717, 1.165) is 43.4 Å². The van der Waals surface area contributed by atoms with Gasteiger partial charge in [0, 0.05) is 31.1 Å². The molecule has 2 aromatic rings. The van der Waals surface area contributed by atoms with Crippen LogP contribution in [0.3, 0.4) is 0 Å². The molecule has 0 spiro atoms. The Bertz CT molecular complexity index is 889. The molecule has 3 N–H and O–H groups in total. The van der Waals surface area contributed by atoms with Crippen LogP contribution in [0.5, 0.6) is 0 Å². The van der Waals surface area contributed by atoms with Crippen molar-refractivity contribution in [3.8, 4) is 0 Å². The normalized spacial score (nSPS) is 15.9. The molecule has 1 aromatic heterocycles. The van der Waals surface area contributed by atoms with E-state index in [0.29, 0.717) is 0 Å². The first kappa shape index (κ1) is 20.2. The highest BCUT2D eigenvalue weighted by Crippen LogP contribution is 2.38. The van der Waals surface area contributed by atoms with Crippen molar-refractivity contribution in [2.24, 2.45) is 4.99 Å². The van der Waals surface area contributed by atoms with Gasteiger partial charge in [-0.05, 0) is 25.1 Å². The number of nitrogens with zero attached hydrogens (tertiary/aromatic N) is 2. The summed E-state index contributed by atoms with van der Waals surface area (Å²) in [6.45, 7) is 6.21. The lowest BCUT2D eigenvalue weighted by atomic mass is 10.2. The number of carboxylic acids is 1. The van der Waals surface area contributed by atoms with Gasteiger partial charge in [-0.1, -0.05) is 12.1 Å². The van der Waals surface area contributed by atoms with E-state index in [9.17, 15) is 13.2 Å². The molecule has 10 heteroatoms. The average Bonchev–Trinajstić information content (AvgIpc) is 2.93. The Hall–Kier alpha value is -2.59. The van der Waals surface area contributed by atoms with Crippen LogP contribution in [0.2, 0.25) is 0 Å². The second-order valence-electron chi connectivity index (χ2n) is 6.22. The lowest BCUT2D eigenvalue weighted by Crippen LogP contribution is -2.46. The number of benzene rings is 1. The monoisotopic (exact) mass is 412 g/mol. The molecule has 0 amide bonds. The van der Waals surface area contributed by atoms with Gasteiger partial charge < -0.3 is 20.6 Å². The van der Waals surface area contributed by atoms with E-state index in [2.05, 4.69) is 46.7 Å². The molecule has 150 valence electrons. The van der Waals surface area contributed by atoms with Crippen LogP contribution in [0, 0.1) is 6.92 Å². The van der Waals surface area contributed by atoms with Gasteiger partial charge in [-0.15, -0.1) is 11.3 Å². The van der Waals surface area contributed by atoms with E-state index in [1.807, 2.05) is 6.07 Å². The van der Waals surface area contributed by atoms with Crippen LogP contribution in [0.25, 0.3) is 0 Å². The Morgan fingerprint density at radius 3 is 2.54 bits per heavy atom. The number of fused-ring (bicyclic) bond motifs is 2. The fraction of sp³-hybridized carbons (Fsp3) is 0.333. The Labute approximate surface area is 163 Å². The minimum absolute atomic E-state index is 1.01. The molecular weight excluding hydrogens is 393 g/mol. The quantitative estimate of drug-likeness (QED) is 0.615. The van der Waals surface area contributed by atoms with Gasteiger partial charge in [0.25, 0.3) is 0 Å². The van der Waals surface area contributed by atoms with Gasteiger partial charge in [-0.3, -0.25) is 0 Å². The number of nitrogens with one attached hydrogen (secondary N) is 2. The van der Waals surface area contributed by atoms with Crippen molar-refractivity contribution in [1.82, 2.24) is 10.2 Å². The van der Waals surface area contributed by atoms with Crippen molar-refractivity contribution >= 4 is 39.5 Å². The third-order valence-corrected chi connectivity index (χ3v) is 5.10. The number of carboxylic acid groups (broad SMARTS) is 1. The number of aryl methyl sites for hydroxylation is 1. The van der Waals surface area contributed by atoms with Crippen molar-refractivity contribution in [1.29, 1.82) is 0 Å². The summed E-state index contributed by atoms with van der Waals surface area (Å²) in [7, 11) is 0. The maximum atomic E-state index is 10.6. The molecule has 2 aliphatic rings. The van der Waals surface area contributed by atoms with Gasteiger partial charge in [0.1, 0.15) is 10.8 Å². The Morgan fingerprint density at radius 1 is 1.25 bits per heavy atom. The number of thiophene rings is 1. The molecule has 0 aliphatic carbocycles. The summed E-state index contributed by atoms with van der Waals surface area (Å²) < 4.78 is 31.7. The number of aliphatic imine (C=N–C) groups is 1. The number of aliphatic carboxylic acids is 1. The molecule has 0 unspecified atom stereocenters. The molecule has 6 nitrogen and oxygen atoms in total. The number of amidine groups is 1. The van der Waals surface area contributed by atoms with Gasteiger partial charge in [0.05, 0.1) is 16.9 Å². The molecule has 3 heterocycles. The second-order valence-corrected chi connectivity index (χ2v) is 7.47. The summed E-state index contributed by atoms with van der Waals surface area (Å²) >= 11 is 1.80. The van der Waals surface area contributed by atoms with Crippen LogP contribution in [0.15, 0.2) is 35.3 Å². The molecule has 0 atom stereocenters. The van der Waals surface area contributed by atoms with E-state index in [-0.39, 0.29) is 0 Å². The van der Waals surface area contributed by atoms with E-state index in [1.165, 1.54) is 15.4 Å². The van der Waals surface area contributed by atoms with Crippen molar-refractivity contribution in [3.05, 3.63) is 40.8 Å². The number of hydrogen-bond donors (Lipinski definition) is 3. The van der Waals surface area contributed by atoms with Gasteiger partial charge in [0.2, 0.25) is 0 Å². The Balaban J connectivity index is 0.000000279. The number of halogens is 3. The standard InChI is InChI=1S/C16H18N4S.C2HF3O2/c1-11-10-12-15(20-8-6-17-7-9-20)18-13-4-2-3-5-14(13)19-16(12)21-11;3-2(4,5)1(6)7/h2-5,10,17,19H,6-9H2,1H3;(H,6,7). The zero-order chi connectivity index (χ0) is 20.3. The largest absolute Gasteiger partial charge is 0.490 e. The third kappa shape index (κ3) is 4.63. The lowest BCUT2D eigenvalue weighted by Gasteiger charge is -2.30. The first-order valence-electron chi connectivity index (χ1n) is 8.57. The zero-order valence-corrected chi connectivity index (χ0v) is 15.8. The SMILES string of the molecule is Cc1cc2c(s1)Nc1ccccc1N=C2N1CCNCC1.O=C(O)C(F)(F)F. The highest BCUT2D eigenvalue weighted by atomic mass is 32.1. The molecule has 1 fully saturated rings. The number of anilines is 2. The summed E-state index contributed by atoms with van der Waals surface area (Å²) in [5.74, 6) is -1.65. The van der Waals surface area contributed by atoms with Gasteiger partial charge in [-0.2, -0.15) is 13.2 Å². The summed E-state index contributed by atoms with van der Waals surface area (Å²) in [5, 5.41) is 15.3. The molecule has 1 saturated heterocycles. The van der Waals surface area contributed by atoms with E-state index < -0.39 is 12.1 Å². The predicted octanol–water partition coefficient (Wildman–Crippen LogP) is 3.73. The molecule has 1 aromatic carbocycles. The smallest absolute Gasteiger partial charge is 0.475 e. The zero-order valence-electron chi connectivity index (χ0n) is 15.0. The topological polar surface area (TPSA) is 77.0 Å². The number of para-hydroxylation sites is 2. The van der Waals surface area contributed by atoms with E-state index >= 15 is 0 Å². The fourth-order valence-electron chi connectivity index (χ4n) is 2.86. The van der Waals surface area contributed by atoms with Crippen LogP contribution in [0.4, 0.5) is 29.5 Å². The van der Waals surface area contributed by atoms with Crippen molar-refractivity contribution in [2.75, 3.05) is 31.5 Å². The number of carbonyl (C=O) groups is 1. The fourth-order valence-corrected chi connectivity index (χ4v) is 3.78. The first-order chi connectivity index (χ1) is 13.3. The molecule has 28 heavy (non-hydrogen) atoms. The Morgan fingerprint density at radius 2 is 1.89 bits per heavy atom. The maximum absolute atomic E-state index is 10.6. The Kier molecular flexibility index (Phi) is 5.90. The summed E-state index contributed by atoms with van der Waals surface area (Å²) in [4.78, 5) is 17.6. The van der Waals surface area contributed by atoms with Crippen LogP contribution in [0.1, 0.15) is 10.4 Å². The minimum Gasteiger partial charge on any atom is -0.475 e. The third-order valence-electron chi connectivity index (χ3n) is 4.13. The van der Waals surface area contributed by atoms with Crippen molar-refractivity contribution in [2.45, 2.75) is 13.1 Å². The van der Waals surface area contributed by atoms with Gasteiger partial charge in [-0.25, -0.2) is 9.79 Å². The average molecular weight is 412 g/mol. The number of rotatable bonds is 0. The minimum atomic E-state index is -5.08. The summed E-state index contributed by atoms with van der Waals surface area (Å²) in [6.07, 6.45) is -5.08. The maximum Gasteiger partial charge on any atom is 0.490 e. The van der Waals surface area contributed by atoms with Gasteiger partial charge in [0.15, 0.2) is 0 Å². The van der Waals surface area contributed by atoms with Crippen LogP contribution in [-0.4, -0.2) is 54.2 Å². The molecule has 4 rings (SSSR count). The molecular formula is C18H19F3N4O2S. The molecule has 0 radical (unpaired) electrons. The molecule has 0 bridgehead atoms. The van der Waals surface area contributed by atoms with Crippen LogP contribution in [-0.2, 0) is 4.79 Å². The highest BCUT2D eigenvalue weighted by Gasteiger charge is 2.38. The highest BCUT2D eigenvalue weighted by molar-refractivity contribution is 7.16. The van der Waals surface area contributed by atoms with Crippen molar-refractivity contribution < 1.29 is 23.1 Å². The van der Waals surface area contributed by atoms with Crippen LogP contribution >= 0.6 is 11.3 Å². The van der Waals surface area contributed by atoms with Gasteiger partial charge >= 0.3 is 12.1 Å². The lowest BCUT2D eigenvalue weighted by molar-refractivity contribution is -0.192. The first-order valence-corrected chi connectivity index (χ1v) is 9.38. The number of piperazine rings is 1. The van der Waals surface area contributed by atoms with E-state index in [4.69, 9.17) is 14.9 Å². The summed E-state index contributed by atoms with van der Waals surface area (Å²) in [6, 6.07) is 10.5. The predicted molar refractivity (Wildman–Crippen MR) is 103 cm³/mol. The van der Waals surface area contributed by atoms with Crippen molar-refractivity contribution in [3.63, 3.8) is 0 Å². The summed E-state index contributed by atoms with van der Waals surface area (Å²) in [5.41, 5.74) is 3.34. The second kappa shape index (κ2) is 8.19.